The van der Waals surface area contributed by atoms with Crippen LogP contribution in [0.5, 0.6) is 0 Å². The van der Waals surface area contributed by atoms with Gasteiger partial charge in [0.05, 0.1) is 4.92 Å². The van der Waals surface area contributed by atoms with Gasteiger partial charge < -0.3 is 14.5 Å². The number of aromatic nitrogens is 2. The topological polar surface area (TPSA) is 93.7 Å². The van der Waals surface area contributed by atoms with Gasteiger partial charge in [-0.15, -0.1) is 0 Å². The molecule has 0 unspecified atom stereocenters. The van der Waals surface area contributed by atoms with E-state index in [1.807, 2.05) is 11.8 Å². The highest BCUT2D eigenvalue weighted by atomic mass is 16.6. The number of amides is 1. The van der Waals surface area contributed by atoms with E-state index in [1.54, 1.807) is 16.6 Å². The smallest absolute Gasteiger partial charge is 0.334 e. The molecule has 0 aliphatic carbocycles. The van der Waals surface area contributed by atoms with Gasteiger partial charge in [-0.2, -0.15) is 5.10 Å². The highest BCUT2D eigenvalue weighted by Crippen LogP contribution is 2.32. The fourth-order valence-corrected chi connectivity index (χ4v) is 2.72. The van der Waals surface area contributed by atoms with E-state index in [-0.39, 0.29) is 23.1 Å². The van der Waals surface area contributed by atoms with Crippen LogP contribution in [0.4, 0.5) is 11.5 Å². The maximum atomic E-state index is 11.8. The lowest BCUT2D eigenvalue weighted by Gasteiger charge is -2.35. The third-order valence-electron chi connectivity index (χ3n) is 3.78. The molecule has 0 radical (unpaired) electrons. The molecule has 22 heavy (non-hydrogen) atoms. The number of hydrogen-bond acceptors (Lipinski definition) is 6. The summed E-state index contributed by atoms with van der Waals surface area (Å²) in [6.07, 6.45) is 0.510. The van der Waals surface area contributed by atoms with E-state index in [4.69, 9.17) is 4.74 Å². The van der Waals surface area contributed by atoms with Gasteiger partial charge in [-0.1, -0.05) is 6.92 Å². The van der Waals surface area contributed by atoms with Crippen molar-refractivity contribution in [2.24, 2.45) is 7.05 Å². The Balaban J connectivity index is 2.16. The van der Waals surface area contributed by atoms with Crippen LogP contribution in [0, 0.1) is 10.1 Å². The second-order valence-corrected chi connectivity index (χ2v) is 5.15. The molecule has 1 aliphatic heterocycles. The van der Waals surface area contributed by atoms with Crippen molar-refractivity contribution in [1.82, 2.24) is 14.7 Å². The van der Waals surface area contributed by atoms with Crippen molar-refractivity contribution < 1.29 is 14.5 Å². The molecule has 1 aromatic rings. The fourth-order valence-electron chi connectivity index (χ4n) is 2.72. The highest BCUT2D eigenvalue weighted by Gasteiger charge is 2.32. The average Bonchev–Trinajstić information content (AvgIpc) is 2.84. The van der Waals surface area contributed by atoms with Crippen molar-refractivity contribution in [3.63, 3.8) is 0 Å². The number of aryl methyl sites for hydroxylation is 2. The number of carbonyl (C=O) groups is 1. The van der Waals surface area contributed by atoms with Gasteiger partial charge in [0.1, 0.15) is 12.3 Å². The first-order chi connectivity index (χ1) is 10.5. The van der Waals surface area contributed by atoms with Gasteiger partial charge >= 0.3 is 5.69 Å². The maximum absolute atomic E-state index is 11.8. The molecule has 1 aromatic heterocycles. The molecule has 0 atom stereocenters. The summed E-state index contributed by atoms with van der Waals surface area (Å²) in [4.78, 5) is 26.4. The molecule has 9 heteroatoms. The molecule has 0 aromatic carbocycles. The Bertz CT molecular complexity index is 563. The summed E-state index contributed by atoms with van der Waals surface area (Å²) in [5.41, 5.74) is 0.557. The van der Waals surface area contributed by atoms with Crippen LogP contribution >= 0.6 is 0 Å². The zero-order valence-electron chi connectivity index (χ0n) is 13.1. The van der Waals surface area contributed by atoms with Gasteiger partial charge in [-0.05, 0) is 6.42 Å². The zero-order valence-corrected chi connectivity index (χ0v) is 13.1. The molecular formula is C13H21N5O4. The van der Waals surface area contributed by atoms with Gasteiger partial charge in [0.2, 0.25) is 11.7 Å². The van der Waals surface area contributed by atoms with Crippen LogP contribution < -0.4 is 4.90 Å². The third-order valence-corrected chi connectivity index (χ3v) is 3.78. The highest BCUT2D eigenvalue weighted by molar-refractivity contribution is 5.77. The minimum atomic E-state index is -0.371. The number of nitro groups is 1. The zero-order chi connectivity index (χ0) is 16.3. The molecule has 1 amide bonds. The molecule has 2 rings (SSSR count). The third kappa shape index (κ3) is 3.03. The van der Waals surface area contributed by atoms with Gasteiger partial charge in [0, 0.05) is 40.3 Å². The molecule has 9 nitrogen and oxygen atoms in total. The van der Waals surface area contributed by atoms with E-state index in [9.17, 15) is 14.9 Å². The van der Waals surface area contributed by atoms with Gasteiger partial charge in [0.25, 0.3) is 0 Å². The largest absolute Gasteiger partial charge is 0.375 e. The van der Waals surface area contributed by atoms with E-state index in [1.165, 1.54) is 7.11 Å². The summed E-state index contributed by atoms with van der Waals surface area (Å²) in [7, 11) is 3.20. The lowest BCUT2D eigenvalue weighted by Crippen LogP contribution is -2.50. The van der Waals surface area contributed by atoms with Crippen molar-refractivity contribution in [3.05, 3.63) is 15.8 Å². The van der Waals surface area contributed by atoms with Crippen LogP contribution in [0.25, 0.3) is 0 Å². The standard InChI is InChI=1S/C13H21N5O4/c1-4-10-12(18(20)21)13(15(2)14-10)17-7-5-16(6-8-17)11(19)9-22-3/h4-9H2,1-3H3. The van der Waals surface area contributed by atoms with Crippen molar-refractivity contribution in [3.8, 4) is 0 Å². The molecule has 122 valence electrons. The second kappa shape index (κ2) is 6.73. The Morgan fingerprint density at radius 2 is 2.00 bits per heavy atom. The van der Waals surface area contributed by atoms with Gasteiger partial charge in [-0.25, -0.2) is 4.68 Å². The second-order valence-electron chi connectivity index (χ2n) is 5.15. The summed E-state index contributed by atoms with van der Waals surface area (Å²) >= 11 is 0. The molecular weight excluding hydrogens is 290 g/mol. The summed E-state index contributed by atoms with van der Waals surface area (Å²) in [5.74, 6) is 0.455. The fraction of sp³-hybridized carbons (Fsp3) is 0.692. The molecule has 0 spiro atoms. The summed E-state index contributed by atoms with van der Waals surface area (Å²) in [5, 5.41) is 15.6. The Morgan fingerprint density at radius 3 is 2.50 bits per heavy atom. The van der Waals surface area contributed by atoms with E-state index < -0.39 is 0 Å². The number of anilines is 1. The first kappa shape index (κ1) is 16.2. The number of ether oxygens (including phenoxy) is 1. The molecule has 1 aliphatic rings. The van der Waals surface area contributed by atoms with Crippen molar-refractivity contribution in [1.29, 1.82) is 0 Å². The predicted octanol–water partition coefficient (Wildman–Crippen LogP) is 0.186. The van der Waals surface area contributed by atoms with Crippen LogP contribution in [0.15, 0.2) is 0 Å². The first-order valence-electron chi connectivity index (χ1n) is 7.21. The van der Waals surface area contributed by atoms with E-state index in [0.29, 0.717) is 44.1 Å². The number of piperazine rings is 1. The molecule has 1 fully saturated rings. The molecule has 0 bridgehead atoms. The number of nitrogens with zero attached hydrogens (tertiary/aromatic N) is 5. The van der Waals surface area contributed by atoms with Crippen LogP contribution in [-0.4, -0.2) is 65.4 Å². The average molecular weight is 311 g/mol. The molecule has 1 saturated heterocycles. The van der Waals surface area contributed by atoms with E-state index in [2.05, 4.69) is 5.10 Å². The molecule has 2 heterocycles. The van der Waals surface area contributed by atoms with Crippen LogP contribution in [0.2, 0.25) is 0 Å². The van der Waals surface area contributed by atoms with Crippen molar-refractivity contribution in [2.75, 3.05) is 44.8 Å². The normalized spacial score (nSPS) is 15.2. The Kier molecular flexibility index (Phi) is 4.96. The van der Waals surface area contributed by atoms with E-state index >= 15 is 0 Å². The minimum Gasteiger partial charge on any atom is -0.375 e. The summed E-state index contributed by atoms with van der Waals surface area (Å²) < 4.78 is 6.41. The number of hydrogen-bond donors (Lipinski definition) is 0. The lowest BCUT2D eigenvalue weighted by molar-refractivity contribution is -0.384. The quantitative estimate of drug-likeness (QED) is 0.569. The van der Waals surface area contributed by atoms with Crippen LogP contribution in [0.3, 0.4) is 0 Å². The summed E-state index contributed by atoms with van der Waals surface area (Å²) in [6, 6.07) is 0. The maximum Gasteiger partial charge on any atom is 0.334 e. The SMILES string of the molecule is CCc1nn(C)c(N2CCN(C(=O)COC)CC2)c1[N+](=O)[O-]. The van der Waals surface area contributed by atoms with Gasteiger partial charge in [0.15, 0.2) is 0 Å². The predicted molar refractivity (Wildman–Crippen MR) is 79.9 cm³/mol. The molecule has 0 saturated carbocycles. The molecule has 0 N–H and O–H groups in total. The Morgan fingerprint density at radius 1 is 1.36 bits per heavy atom. The number of methoxy groups -OCH3 is 1. The van der Waals surface area contributed by atoms with E-state index in [0.717, 1.165) is 0 Å². The summed E-state index contributed by atoms with van der Waals surface area (Å²) in [6.45, 7) is 4.03. The number of rotatable bonds is 5. The Labute approximate surface area is 128 Å². The van der Waals surface area contributed by atoms with Crippen LogP contribution in [0.1, 0.15) is 12.6 Å². The lowest BCUT2D eigenvalue weighted by atomic mass is 10.2. The minimum absolute atomic E-state index is 0.0593. The first-order valence-corrected chi connectivity index (χ1v) is 7.21. The van der Waals surface area contributed by atoms with Gasteiger partial charge in [-0.3, -0.25) is 14.9 Å². The Hall–Kier alpha value is -2.16. The van der Waals surface area contributed by atoms with Crippen molar-refractivity contribution in [2.45, 2.75) is 13.3 Å². The monoisotopic (exact) mass is 311 g/mol. The van der Waals surface area contributed by atoms with Crippen molar-refractivity contribution >= 4 is 17.4 Å². The van der Waals surface area contributed by atoms with Crippen LogP contribution in [-0.2, 0) is 23.0 Å². The number of carbonyl (C=O) groups excluding carboxylic acids is 1.